The second-order valence-corrected chi connectivity index (χ2v) is 8.06. The first-order chi connectivity index (χ1) is 9.50. The molecule has 12 heteroatoms. The summed E-state index contributed by atoms with van der Waals surface area (Å²) < 4.78 is 17.8. The lowest BCUT2D eigenvalue weighted by molar-refractivity contribution is -0.384. The van der Waals surface area contributed by atoms with Gasteiger partial charge in [-0.25, -0.2) is 10.2 Å². The van der Waals surface area contributed by atoms with E-state index in [-0.39, 0.29) is 11.7 Å². The number of halogens is 2. The number of nitrogens with one attached hydrogen (secondary N) is 2. The van der Waals surface area contributed by atoms with Crippen LogP contribution in [-0.4, -0.2) is 33.7 Å². The first-order valence-corrected chi connectivity index (χ1v) is 10.1. The van der Waals surface area contributed by atoms with E-state index >= 15 is 0 Å². The third-order valence-electron chi connectivity index (χ3n) is 1.92. The van der Waals surface area contributed by atoms with Crippen molar-refractivity contribution in [2.24, 2.45) is 0 Å². The van der Waals surface area contributed by atoms with Gasteiger partial charge in [-0.2, -0.15) is 0 Å². The highest BCUT2D eigenvalue weighted by atomic mass is 79.9. The molecule has 0 atom stereocenters. The van der Waals surface area contributed by atoms with Crippen LogP contribution < -0.4 is 10.2 Å². The minimum atomic E-state index is -3.18. The molecule has 0 fully saturated rings. The Morgan fingerprint density at radius 1 is 1.40 bits per heavy atom. The monoisotopic (exact) mass is 450 g/mol. The molecule has 1 aromatic rings. The lowest BCUT2D eigenvalue weighted by Crippen LogP contribution is -2.26. The maximum Gasteiger partial charge on any atom is 0.423 e. The molecule has 0 aliphatic rings. The Morgan fingerprint density at radius 2 is 2.00 bits per heavy atom. The first kappa shape index (κ1) is 18.1. The highest BCUT2D eigenvalue weighted by molar-refractivity contribution is 9.09. The zero-order valence-electron chi connectivity index (χ0n) is 10.3. The average molecular weight is 452 g/mol. The molecule has 20 heavy (non-hydrogen) atoms. The third-order valence-corrected chi connectivity index (χ3v) is 5.40. The molecular formula is C8H13Br2N4O4PS. The number of hydrogen-bond donors (Lipinski definition) is 2. The molecule has 0 aliphatic carbocycles. The van der Waals surface area contributed by atoms with Crippen molar-refractivity contribution in [3.05, 3.63) is 21.2 Å². The van der Waals surface area contributed by atoms with Gasteiger partial charge in [0.25, 0.3) is 0 Å². The van der Waals surface area contributed by atoms with E-state index < -0.39 is 12.6 Å². The van der Waals surface area contributed by atoms with Gasteiger partial charge >= 0.3 is 12.8 Å². The van der Waals surface area contributed by atoms with Gasteiger partial charge in [-0.1, -0.05) is 31.9 Å². The van der Waals surface area contributed by atoms with Gasteiger partial charge in [0, 0.05) is 23.7 Å². The third kappa shape index (κ3) is 6.25. The minimum absolute atomic E-state index is 0.00659. The summed E-state index contributed by atoms with van der Waals surface area (Å²) in [6.07, 6.45) is 1.35. The Labute approximate surface area is 136 Å². The van der Waals surface area contributed by atoms with Crippen LogP contribution in [0, 0.1) is 10.1 Å². The van der Waals surface area contributed by atoms with Gasteiger partial charge in [-0.05, 0) is 21.2 Å². The molecule has 0 saturated heterocycles. The van der Waals surface area contributed by atoms with Gasteiger partial charge in [0.15, 0.2) is 6.20 Å². The molecular weight excluding hydrogens is 439 g/mol. The molecule has 0 aliphatic heterocycles. The fourth-order valence-electron chi connectivity index (χ4n) is 1.13. The lowest BCUT2D eigenvalue weighted by atomic mass is 10.6. The van der Waals surface area contributed by atoms with Crippen LogP contribution in [0.5, 0.6) is 0 Å². The largest absolute Gasteiger partial charge is 0.423 e. The van der Waals surface area contributed by atoms with Crippen molar-refractivity contribution in [2.75, 3.05) is 23.7 Å². The van der Waals surface area contributed by atoms with E-state index in [0.29, 0.717) is 28.6 Å². The second kappa shape index (κ2) is 9.19. The highest BCUT2D eigenvalue weighted by Gasteiger charge is 2.23. The molecule has 0 amide bonds. The number of aromatic nitrogens is 1. The standard InChI is InChI=1S/C8H13Br2N4O4PS/c9-1-3-12-19(17,13-4-2-10)18-6-7-5-11-8(20-7)14(15)16/h5H,1-4,6H2,(H2,12,13,17). The number of alkyl halides is 2. The second-order valence-electron chi connectivity index (χ2n) is 3.39. The molecule has 0 bridgehead atoms. The summed E-state index contributed by atoms with van der Waals surface area (Å²) in [4.78, 5) is 14.1. The van der Waals surface area contributed by atoms with Crippen LogP contribution >= 0.6 is 50.9 Å². The Kier molecular flexibility index (Phi) is 8.34. The highest BCUT2D eigenvalue weighted by Crippen LogP contribution is 2.39. The van der Waals surface area contributed by atoms with Crippen molar-refractivity contribution in [2.45, 2.75) is 6.61 Å². The fourth-order valence-corrected chi connectivity index (χ4v) is 4.29. The summed E-state index contributed by atoms with van der Waals surface area (Å²) in [6.45, 7) is 0.929. The summed E-state index contributed by atoms with van der Waals surface area (Å²) in [7, 11) is -3.18. The molecule has 8 nitrogen and oxygen atoms in total. The Hall–Kier alpha value is 0.1000. The Bertz CT molecular complexity index is 477. The van der Waals surface area contributed by atoms with E-state index in [2.05, 4.69) is 47.0 Å². The van der Waals surface area contributed by atoms with Crippen molar-refractivity contribution < 1.29 is 14.0 Å². The molecule has 1 aromatic heterocycles. The molecule has 0 spiro atoms. The van der Waals surface area contributed by atoms with Crippen LogP contribution in [-0.2, 0) is 15.7 Å². The van der Waals surface area contributed by atoms with Crippen molar-refractivity contribution in [1.29, 1.82) is 0 Å². The zero-order valence-corrected chi connectivity index (χ0v) is 15.1. The average Bonchev–Trinajstić information content (AvgIpc) is 2.90. The SMILES string of the molecule is O=[N+]([O-])c1ncc(COP(=O)(NCCBr)NCCBr)s1. The van der Waals surface area contributed by atoms with Crippen LogP contribution in [0.15, 0.2) is 6.20 Å². The number of rotatable bonds is 10. The fraction of sp³-hybridized carbons (Fsp3) is 0.625. The molecule has 0 radical (unpaired) electrons. The number of thiazole rings is 1. The number of nitrogens with zero attached hydrogens (tertiary/aromatic N) is 2. The van der Waals surface area contributed by atoms with Gasteiger partial charge in [0.05, 0.1) is 11.5 Å². The summed E-state index contributed by atoms with van der Waals surface area (Å²) >= 11 is 7.35. The minimum Gasteiger partial charge on any atom is -0.357 e. The van der Waals surface area contributed by atoms with Gasteiger partial charge < -0.3 is 14.6 Å². The normalized spacial score (nSPS) is 11.7. The predicted molar refractivity (Wildman–Crippen MR) is 84.8 cm³/mol. The first-order valence-electron chi connectivity index (χ1n) is 5.46. The van der Waals surface area contributed by atoms with Crippen molar-refractivity contribution in [3.8, 4) is 0 Å². The maximum absolute atomic E-state index is 12.4. The number of hydrogen-bond acceptors (Lipinski definition) is 6. The van der Waals surface area contributed by atoms with E-state index in [1.54, 1.807) is 0 Å². The van der Waals surface area contributed by atoms with E-state index in [1.165, 1.54) is 6.20 Å². The topological polar surface area (TPSA) is 106 Å². The summed E-state index contributed by atoms with van der Waals surface area (Å²) in [5.74, 6) is 0. The summed E-state index contributed by atoms with van der Waals surface area (Å²) in [5.41, 5.74) is 0. The van der Waals surface area contributed by atoms with E-state index in [1.807, 2.05) is 0 Å². The van der Waals surface area contributed by atoms with E-state index in [4.69, 9.17) is 4.52 Å². The Balaban J connectivity index is 2.59. The summed E-state index contributed by atoms with van der Waals surface area (Å²) in [5, 5.41) is 17.1. The van der Waals surface area contributed by atoms with Crippen molar-refractivity contribution in [3.63, 3.8) is 0 Å². The van der Waals surface area contributed by atoms with Crippen LogP contribution in [0.3, 0.4) is 0 Å². The maximum atomic E-state index is 12.4. The van der Waals surface area contributed by atoms with Gasteiger partial charge in [0.1, 0.15) is 0 Å². The van der Waals surface area contributed by atoms with Gasteiger partial charge in [-0.15, -0.1) is 0 Å². The molecule has 114 valence electrons. The molecule has 1 heterocycles. The van der Waals surface area contributed by atoms with Crippen LogP contribution in [0.4, 0.5) is 5.13 Å². The Morgan fingerprint density at radius 3 is 2.45 bits per heavy atom. The van der Waals surface area contributed by atoms with Crippen LogP contribution in [0.25, 0.3) is 0 Å². The van der Waals surface area contributed by atoms with Crippen molar-refractivity contribution >= 4 is 56.0 Å². The molecule has 0 aromatic carbocycles. The molecule has 0 saturated carbocycles. The van der Waals surface area contributed by atoms with E-state index in [9.17, 15) is 14.7 Å². The summed E-state index contributed by atoms with van der Waals surface area (Å²) in [6, 6.07) is 0. The van der Waals surface area contributed by atoms with Gasteiger partial charge in [-0.3, -0.25) is 4.57 Å². The van der Waals surface area contributed by atoms with Crippen LogP contribution in [0.1, 0.15) is 4.88 Å². The lowest BCUT2D eigenvalue weighted by Gasteiger charge is -2.19. The van der Waals surface area contributed by atoms with Crippen molar-refractivity contribution in [1.82, 2.24) is 15.2 Å². The predicted octanol–water partition coefficient (Wildman–Crippen LogP) is 2.65. The zero-order chi connectivity index (χ0) is 15.0. The molecule has 0 unspecified atom stereocenters. The molecule has 1 rings (SSSR count). The van der Waals surface area contributed by atoms with E-state index in [0.717, 1.165) is 11.3 Å². The quantitative estimate of drug-likeness (QED) is 0.243. The molecule has 2 N–H and O–H groups in total. The van der Waals surface area contributed by atoms with Crippen LogP contribution in [0.2, 0.25) is 0 Å². The number of nitro groups is 1. The van der Waals surface area contributed by atoms with Gasteiger partial charge in [0.2, 0.25) is 0 Å². The smallest absolute Gasteiger partial charge is 0.357 e.